The number of carbonyl (C=O) groups excluding carboxylic acids is 2. The van der Waals surface area contributed by atoms with Gasteiger partial charge in [0, 0.05) is 54.7 Å². The average molecular weight is 409 g/mol. The van der Waals surface area contributed by atoms with Crippen LogP contribution in [0.3, 0.4) is 0 Å². The van der Waals surface area contributed by atoms with Crippen molar-refractivity contribution >= 4 is 11.7 Å². The van der Waals surface area contributed by atoms with E-state index in [0.717, 1.165) is 11.3 Å². The molecule has 1 saturated heterocycles. The largest absolute Gasteiger partial charge is 0.454 e. The number of nitrogens with zero attached hydrogens (tertiary/aromatic N) is 3. The summed E-state index contributed by atoms with van der Waals surface area (Å²) in [6, 6.07) is 7.92. The number of ketones is 1. The van der Waals surface area contributed by atoms with Gasteiger partial charge in [-0.3, -0.25) is 14.5 Å². The van der Waals surface area contributed by atoms with Gasteiger partial charge in [-0.1, -0.05) is 0 Å². The van der Waals surface area contributed by atoms with Gasteiger partial charge in [-0.05, 0) is 51.0 Å². The zero-order chi connectivity index (χ0) is 20.8. The Bertz CT molecular complexity index is 1000. The maximum atomic E-state index is 12.9. The Kier molecular flexibility index (Phi) is 4.77. The van der Waals surface area contributed by atoms with Crippen LogP contribution in [-0.4, -0.2) is 65.6 Å². The van der Waals surface area contributed by atoms with Gasteiger partial charge in [-0.25, -0.2) is 0 Å². The first-order chi connectivity index (χ1) is 14.5. The third kappa shape index (κ3) is 3.47. The van der Waals surface area contributed by atoms with E-state index in [-0.39, 0.29) is 18.5 Å². The molecule has 0 spiro atoms. The summed E-state index contributed by atoms with van der Waals surface area (Å²) in [7, 11) is 0. The quantitative estimate of drug-likeness (QED) is 0.711. The fraction of sp³-hybridized carbons (Fsp3) is 0.478. The zero-order valence-corrected chi connectivity index (χ0v) is 17.5. The van der Waals surface area contributed by atoms with E-state index >= 15 is 0 Å². The SMILES string of the molecule is Cc1cc(C(=O)CN2CCN(C(=O)c3ccc4c(c3)OCO4)CC2)c(C)n1C1CC1. The molecular weight excluding hydrogens is 382 g/mol. The molecule has 3 aliphatic rings. The van der Waals surface area contributed by atoms with Gasteiger partial charge in [0.25, 0.3) is 5.91 Å². The van der Waals surface area contributed by atoms with Crippen molar-refractivity contribution in [2.24, 2.45) is 0 Å². The van der Waals surface area contributed by atoms with E-state index in [1.165, 1.54) is 18.5 Å². The lowest BCUT2D eigenvalue weighted by Crippen LogP contribution is -2.49. The Balaban J connectivity index is 1.19. The van der Waals surface area contributed by atoms with Gasteiger partial charge in [-0.15, -0.1) is 0 Å². The molecule has 1 saturated carbocycles. The van der Waals surface area contributed by atoms with Crippen LogP contribution >= 0.6 is 0 Å². The van der Waals surface area contributed by atoms with Gasteiger partial charge in [-0.2, -0.15) is 0 Å². The van der Waals surface area contributed by atoms with E-state index in [9.17, 15) is 9.59 Å². The molecule has 0 radical (unpaired) electrons. The normalized spacial score (nSPS) is 18.7. The summed E-state index contributed by atoms with van der Waals surface area (Å²) >= 11 is 0. The van der Waals surface area contributed by atoms with Gasteiger partial charge >= 0.3 is 0 Å². The molecule has 5 rings (SSSR count). The molecule has 0 atom stereocenters. The lowest BCUT2D eigenvalue weighted by atomic mass is 10.1. The van der Waals surface area contributed by atoms with Crippen LogP contribution in [-0.2, 0) is 0 Å². The first kappa shape index (κ1) is 19.2. The van der Waals surface area contributed by atoms with Crippen LogP contribution in [0.4, 0.5) is 0 Å². The van der Waals surface area contributed by atoms with Crippen molar-refractivity contribution in [1.82, 2.24) is 14.4 Å². The van der Waals surface area contributed by atoms with Gasteiger partial charge in [0.15, 0.2) is 17.3 Å². The first-order valence-electron chi connectivity index (χ1n) is 10.6. The molecule has 1 aromatic carbocycles. The third-order valence-electron chi connectivity index (χ3n) is 6.34. The maximum Gasteiger partial charge on any atom is 0.254 e. The van der Waals surface area contributed by atoms with Gasteiger partial charge in [0.1, 0.15) is 0 Å². The van der Waals surface area contributed by atoms with E-state index in [0.29, 0.717) is 55.8 Å². The van der Waals surface area contributed by atoms with Crippen molar-refractivity contribution in [2.75, 3.05) is 39.5 Å². The minimum atomic E-state index is -0.00717. The highest BCUT2D eigenvalue weighted by molar-refractivity contribution is 5.99. The summed E-state index contributed by atoms with van der Waals surface area (Å²) in [5.74, 6) is 1.46. The molecule has 0 bridgehead atoms. The molecule has 7 nitrogen and oxygen atoms in total. The van der Waals surface area contributed by atoms with Crippen LogP contribution in [0.25, 0.3) is 0 Å². The zero-order valence-electron chi connectivity index (χ0n) is 17.5. The molecule has 2 fully saturated rings. The van der Waals surface area contributed by atoms with E-state index in [4.69, 9.17) is 9.47 Å². The topological polar surface area (TPSA) is 64.0 Å². The molecule has 1 aromatic heterocycles. The second-order valence-corrected chi connectivity index (χ2v) is 8.45. The van der Waals surface area contributed by atoms with Crippen molar-refractivity contribution in [1.29, 1.82) is 0 Å². The molecule has 0 unspecified atom stereocenters. The molecule has 0 N–H and O–H groups in total. The summed E-state index contributed by atoms with van der Waals surface area (Å²) in [6.45, 7) is 7.36. The van der Waals surface area contributed by atoms with Crippen molar-refractivity contribution in [2.45, 2.75) is 32.7 Å². The van der Waals surface area contributed by atoms with Crippen LogP contribution in [0.15, 0.2) is 24.3 Å². The number of piperazine rings is 1. The van der Waals surface area contributed by atoms with Crippen molar-refractivity contribution in [3.63, 3.8) is 0 Å². The number of benzene rings is 1. The van der Waals surface area contributed by atoms with Crippen LogP contribution in [0.2, 0.25) is 0 Å². The third-order valence-corrected chi connectivity index (χ3v) is 6.34. The minimum absolute atomic E-state index is 0.00717. The summed E-state index contributed by atoms with van der Waals surface area (Å²) < 4.78 is 13.0. The highest BCUT2D eigenvalue weighted by Gasteiger charge is 2.29. The van der Waals surface area contributed by atoms with Crippen LogP contribution in [0, 0.1) is 13.8 Å². The number of carbonyl (C=O) groups is 2. The predicted octanol–water partition coefficient (Wildman–Crippen LogP) is 2.81. The van der Waals surface area contributed by atoms with Crippen molar-refractivity contribution in [3.8, 4) is 11.5 Å². The monoisotopic (exact) mass is 409 g/mol. The molecular formula is C23H27N3O4. The molecule has 1 amide bonds. The second-order valence-electron chi connectivity index (χ2n) is 8.45. The number of rotatable bonds is 5. The predicted molar refractivity (Wildman–Crippen MR) is 111 cm³/mol. The Labute approximate surface area is 176 Å². The Hall–Kier alpha value is -2.80. The number of ether oxygens (including phenoxy) is 2. The number of aryl methyl sites for hydroxylation is 1. The first-order valence-corrected chi connectivity index (χ1v) is 10.6. The van der Waals surface area contributed by atoms with Gasteiger partial charge in [0.2, 0.25) is 6.79 Å². The van der Waals surface area contributed by atoms with Gasteiger partial charge in [0.05, 0.1) is 6.54 Å². The minimum Gasteiger partial charge on any atom is -0.454 e. The lowest BCUT2D eigenvalue weighted by molar-refractivity contribution is 0.0624. The van der Waals surface area contributed by atoms with E-state index in [2.05, 4.69) is 23.3 Å². The standard InChI is InChI=1S/C23H27N3O4/c1-15-11-19(16(2)26(15)18-4-5-18)20(27)13-24-7-9-25(10-8-24)23(28)17-3-6-21-22(12-17)30-14-29-21/h3,6,11-12,18H,4-5,7-10,13-14H2,1-2H3. The summed E-state index contributed by atoms with van der Waals surface area (Å²) in [5, 5.41) is 0. The smallest absolute Gasteiger partial charge is 0.254 e. The molecule has 2 aromatic rings. The molecule has 1 aliphatic carbocycles. The molecule has 158 valence electrons. The summed E-state index contributed by atoms with van der Waals surface area (Å²) in [4.78, 5) is 29.8. The van der Waals surface area contributed by atoms with Gasteiger partial charge < -0.3 is 18.9 Å². The molecule has 3 heterocycles. The highest BCUT2D eigenvalue weighted by Crippen LogP contribution is 2.38. The fourth-order valence-electron chi connectivity index (χ4n) is 4.56. The van der Waals surface area contributed by atoms with Crippen LogP contribution in [0.1, 0.15) is 51.0 Å². The highest BCUT2D eigenvalue weighted by atomic mass is 16.7. The molecule has 2 aliphatic heterocycles. The summed E-state index contributed by atoms with van der Waals surface area (Å²) in [5.41, 5.74) is 3.73. The molecule has 30 heavy (non-hydrogen) atoms. The summed E-state index contributed by atoms with van der Waals surface area (Å²) in [6.07, 6.45) is 2.42. The average Bonchev–Trinajstić information content (AvgIpc) is 3.38. The van der Waals surface area contributed by atoms with Crippen molar-refractivity contribution < 1.29 is 19.1 Å². The lowest BCUT2D eigenvalue weighted by Gasteiger charge is -2.34. The Morgan fingerprint density at radius 2 is 1.73 bits per heavy atom. The number of Topliss-reactive ketones (excluding diaryl/α,β-unsaturated/α-hetero) is 1. The van der Waals surface area contributed by atoms with E-state index in [1.54, 1.807) is 18.2 Å². The van der Waals surface area contributed by atoms with Crippen LogP contribution in [0.5, 0.6) is 11.5 Å². The molecule has 7 heteroatoms. The van der Waals surface area contributed by atoms with Crippen molar-refractivity contribution in [3.05, 3.63) is 46.8 Å². The number of aromatic nitrogens is 1. The second kappa shape index (κ2) is 7.47. The number of hydrogen-bond donors (Lipinski definition) is 0. The maximum absolute atomic E-state index is 12.9. The number of hydrogen-bond acceptors (Lipinski definition) is 5. The van der Waals surface area contributed by atoms with E-state index < -0.39 is 0 Å². The number of fused-ring (bicyclic) bond motifs is 1. The van der Waals surface area contributed by atoms with Crippen LogP contribution < -0.4 is 9.47 Å². The fourth-order valence-corrected chi connectivity index (χ4v) is 4.56. The van der Waals surface area contributed by atoms with E-state index in [1.807, 2.05) is 11.0 Å². The Morgan fingerprint density at radius 1 is 1.00 bits per heavy atom. The Morgan fingerprint density at radius 3 is 2.47 bits per heavy atom. The number of amides is 1.